The lowest BCUT2D eigenvalue weighted by Crippen LogP contribution is -2.38. The molecule has 3 nitrogen and oxygen atoms in total. The molecule has 0 amide bonds. The van der Waals surface area contributed by atoms with Crippen LogP contribution in [0.5, 0.6) is 0 Å². The Kier molecular flexibility index (Phi) is 3.25. The predicted octanol–water partition coefficient (Wildman–Crippen LogP) is 1.73. The third-order valence-corrected chi connectivity index (χ3v) is 2.45. The maximum atomic E-state index is 10.7. The van der Waals surface area contributed by atoms with E-state index in [1.54, 1.807) is 0 Å². The Balaban J connectivity index is 2.95. The van der Waals surface area contributed by atoms with Crippen molar-refractivity contribution in [2.75, 3.05) is 0 Å². The van der Waals surface area contributed by atoms with Crippen LogP contribution in [0.15, 0.2) is 30.3 Å². The highest BCUT2D eigenvalue weighted by Crippen LogP contribution is 2.25. The molecule has 0 saturated heterocycles. The Morgan fingerprint density at radius 2 is 2.00 bits per heavy atom. The Morgan fingerprint density at radius 1 is 1.43 bits per heavy atom. The summed E-state index contributed by atoms with van der Waals surface area (Å²) in [4.78, 5) is 10.7. The lowest BCUT2D eigenvalue weighted by Gasteiger charge is -2.26. The lowest BCUT2D eigenvalue weighted by atomic mass is 9.85. The van der Waals surface area contributed by atoms with Gasteiger partial charge in [0.25, 0.3) is 0 Å². The smallest absolute Gasteiger partial charge is 0.305 e. The highest BCUT2D eigenvalue weighted by Gasteiger charge is 2.27. The number of rotatable bonds is 4. The van der Waals surface area contributed by atoms with E-state index in [2.05, 4.69) is 0 Å². The summed E-state index contributed by atoms with van der Waals surface area (Å²) in [6.07, 6.45) is 0.580. The summed E-state index contributed by atoms with van der Waals surface area (Å²) in [6.45, 7) is 1.90. The Labute approximate surface area is 83.6 Å². The van der Waals surface area contributed by atoms with E-state index >= 15 is 0 Å². The molecule has 1 aromatic carbocycles. The second-order valence-corrected chi connectivity index (χ2v) is 3.45. The van der Waals surface area contributed by atoms with Crippen molar-refractivity contribution in [2.24, 2.45) is 5.73 Å². The van der Waals surface area contributed by atoms with Crippen LogP contribution in [0, 0.1) is 0 Å². The highest BCUT2D eigenvalue weighted by atomic mass is 16.4. The molecule has 1 rings (SSSR count). The molecule has 0 spiro atoms. The van der Waals surface area contributed by atoms with Crippen LogP contribution in [0.3, 0.4) is 0 Å². The Morgan fingerprint density at radius 3 is 2.43 bits per heavy atom. The predicted molar refractivity (Wildman–Crippen MR) is 54.9 cm³/mol. The van der Waals surface area contributed by atoms with Crippen molar-refractivity contribution in [2.45, 2.75) is 25.3 Å². The number of hydrogen-bond donors (Lipinski definition) is 2. The zero-order valence-electron chi connectivity index (χ0n) is 8.23. The summed E-state index contributed by atoms with van der Waals surface area (Å²) in [5.41, 5.74) is 6.18. The monoisotopic (exact) mass is 193 g/mol. The van der Waals surface area contributed by atoms with Gasteiger partial charge in [0.1, 0.15) is 0 Å². The van der Waals surface area contributed by atoms with Gasteiger partial charge in [0.2, 0.25) is 0 Å². The number of hydrogen-bond acceptors (Lipinski definition) is 2. The zero-order chi connectivity index (χ0) is 10.6. The van der Waals surface area contributed by atoms with Gasteiger partial charge < -0.3 is 10.8 Å². The fourth-order valence-corrected chi connectivity index (χ4v) is 1.47. The average molecular weight is 193 g/mol. The second kappa shape index (κ2) is 4.24. The number of carbonyl (C=O) groups is 1. The van der Waals surface area contributed by atoms with Crippen molar-refractivity contribution in [3.63, 3.8) is 0 Å². The number of carboxylic acids is 1. The van der Waals surface area contributed by atoms with Crippen LogP contribution < -0.4 is 5.73 Å². The third kappa shape index (κ3) is 2.33. The first-order valence-corrected chi connectivity index (χ1v) is 4.64. The van der Waals surface area contributed by atoms with E-state index in [-0.39, 0.29) is 6.42 Å². The fourth-order valence-electron chi connectivity index (χ4n) is 1.47. The summed E-state index contributed by atoms with van der Waals surface area (Å²) < 4.78 is 0. The first kappa shape index (κ1) is 10.7. The van der Waals surface area contributed by atoms with Gasteiger partial charge in [0.05, 0.1) is 12.0 Å². The van der Waals surface area contributed by atoms with E-state index in [0.29, 0.717) is 6.42 Å². The molecule has 0 fully saturated rings. The maximum absolute atomic E-state index is 10.7. The van der Waals surface area contributed by atoms with Gasteiger partial charge in [-0.1, -0.05) is 37.3 Å². The van der Waals surface area contributed by atoms with Crippen molar-refractivity contribution < 1.29 is 9.90 Å². The van der Waals surface area contributed by atoms with Crippen LogP contribution in [0.25, 0.3) is 0 Å². The van der Waals surface area contributed by atoms with Crippen molar-refractivity contribution in [1.82, 2.24) is 0 Å². The molecular weight excluding hydrogens is 178 g/mol. The molecule has 0 aliphatic rings. The van der Waals surface area contributed by atoms with E-state index in [0.717, 1.165) is 5.56 Å². The number of benzene rings is 1. The highest BCUT2D eigenvalue weighted by molar-refractivity contribution is 5.68. The van der Waals surface area contributed by atoms with Crippen molar-refractivity contribution in [3.8, 4) is 0 Å². The average Bonchev–Trinajstić information content (AvgIpc) is 2.18. The van der Waals surface area contributed by atoms with Crippen LogP contribution in [0.4, 0.5) is 0 Å². The lowest BCUT2D eigenvalue weighted by molar-refractivity contribution is -0.138. The topological polar surface area (TPSA) is 63.3 Å². The van der Waals surface area contributed by atoms with Gasteiger partial charge in [-0.05, 0) is 12.0 Å². The first-order chi connectivity index (χ1) is 6.58. The molecule has 0 unspecified atom stereocenters. The normalized spacial score (nSPS) is 14.7. The quantitative estimate of drug-likeness (QED) is 0.765. The third-order valence-electron chi connectivity index (χ3n) is 2.45. The number of aliphatic carboxylic acids is 1. The summed E-state index contributed by atoms with van der Waals surface area (Å²) in [5, 5.41) is 8.76. The summed E-state index contributed by atoms with van der Waals surface area (Å²) in [5.74, 6) is -0.863. The van der Waals surface area contributed by atoms with Gasteiger partial charge in [-0.2, -0.15) is 0 Å². The molecular formula is C11H15NO2. The Hall–Kier alpha value is -1.35. The van der Waals surface area contributed by atoms with Gasteiger partial charge >= 0.3 is 5.97 Å². The molecule has 1 atom stereocenters. The molecule has 0 aliphatic heterocycles. The number of carboxylic acid groups (broad SMARTS) is 1. The minimum atomic E-state index is -0.863. The molecule has 0 radical (unpaired) electrons. The fraction of sp³-hybridized carbons (Fsp3) is 0.364. The van der Waals surface area contributed by atoms with E-state index in [4.69, 9.17) is 10.8 Å². The van der Waals surface area contributed by atoms with Crippen LogP contribution >= 0.6 is 0 Å². The minimum absolute atomic E-state index is 0.0342. The maximum Gasteiger partial charge on any atom is 0.305 e. The Bertz CT molecular complexity index is 310. The molecule has 3 N–H and O–H groups in total. The van der Waals surface area contributed by atoms with Crippen LogP contribution in [-0.2, 0) is 10.3 Å². The molecule has 0 saturated carbocycles. The van der Waals surface area contributed by atoms with Crippen molar-refractivity contribution >= 4 is 5.97 Å². The molecule has 0 bridgehead atoms. The minimum Gasteiger partial charge on any atom is -0.481 e. The van der Waals surface area contributed by atoms with Crippen LogP contribution in [0.1, 0.15) is 25.3 Å². The second-order valence-electron chi connectivity index (χ2n) is 3.45. The van der Waals surface area contributed by atoms with Gasteiger partial charge in [-0.15, -0.1) is 0 Å². The van der Waals surface area contributed by atoms with Crippen molar-refractivity contribution in [1.29, 1.82) is 0 Å². The van der Waals surface area contributed by atoms with Crippen LogP contribution in [0.2, 0.25) is 0 Å². The van der Waals surface area contributed by atoms with E-state index < -0.39 is 11.5 Å². The molecule has 0 heterocycles. The van der Waals surface area contributed by atoms with E-state index in [9.17, 15) is 4.79 Å². The molecule has 0 aromatic heterocycles. The first-order valence-electron chi connectivity index (χ1n) is 4.64. The van der Waals surface area contributed by atoms with Gasteiger partial charge in [0, 0.05) is 0 Å². The SMILES string of the molecule is CC[C@@](N)(CC(=O)O)c1ccccc1. The number of nitrogens with two attached hydrogens (primary N) is 1. The zero-order valence-corrected chi connectivity index (χ0v) is 8.23. The molecule has 3 heteroatoms. The van der Waals surface area contributed by atoms with E-state index in [1.807, 2.05) is 37.3 Å². The molecule has 1 aromatic rings. The molecule has 14 heavy (non-hydrogen) atoms. The summed E-state index contributed by atoms with van der Waals surface area (Å²) in [7, 11) is 0. The summed E-state index contributed by atoms with van der Waals surface area (Å²) >= 11 is 0. The summed E-state index contributed by atoms with van der Waals surface area (Å²) in [6, 6.07) is 9.36. The van der Waals surface area contributed by atoms with Gasteiger partial charge in [0.15, 0.2) is 0 Å². The standard InChI is InChI=1S/C11H15NO2/c1-2-11(12,8-10(13)14)9-6-4-3-5-7-9/h3-7H,2,8,12H2,1H3,(H,13,14)/t11-/m1/s1. The molecule has 0 aliphatic carbocycles. The van der Waals surface area contributed by atoms with Crippen LogP contribution in [-0.4, -0.2) is 11.1 Å². The van der Waals surface area contributed by atoms with Gasteiger partial charge in [-0.3, -0.25) is 4.79 Å². The van der Waals surface area contributed by atoms with Crippen molar-refractivity contribution in [3.05, 3.63) is 35.9 Å². The van der Waals surface area contributed by atoms with Gasteiger partial charge in [-0.25, -0.2) is 0 Å². The molecule has 76 valence electrons. The van der Waals surface area contributed by atoms with E-state index in [1.165, 1.54) is 0 Å². The largest absolute Gasteiger partial charge is 0.481 e.